The van der Waals surface area contributed by atoms with Crippen LogP contribution in [0.25, 0.3) is 0 Å². The Labute approximate surface area is 138 Å². The van der Waals surface area contributed by atoms with E-state index in [0.29, 0.717) is 22.7 Å². The molecule has 1 amide bonds. The maximum absolute atomic E-state index is 11.1. The average molecular weight is 353 g/mol. The van der Waals surface area contributed by atoms with Crippen molar-refractivity contribution in [1.29, 1.82) is 0 Å². The van der Waals surface area contributed by atoms with E-state index < -0.39 is 10.1 Å². The standard InChI is InChI=1S/C15H13ClN2O4S/c1-23(20,21)22-14-8-4-12(5-9-14)15(18-17-10-19)11-2-6-13(16)7-3-11/h2-10H,1H3,(H,17,19)/b18-15+. The van der Waals surface area contributed by atoms with Crippen LogP contribution in [0.1, 0.15) is 11.1 Å². The number of hydrogen-bond donors (Lipinski definition) is 1. The van der Waals surface area contributed by atoms with Gasteiger partial charge in [-0.2, -0.15) is 13.5 Å². The SMILES string of the molecule is CS(=O)(=O)Oc1ccc(/C(=N/NC=O)c2ccc(Cl)cc2)cc1. The zero-order chi connectivity index (χ0) is 16.9. The molecule has 2 rings (SSSR count). The number of nitrogens with zero attached hydrogens (tertiary/aromatic N) is 1. The molecule has 6 nitrogen and oxygen atoms in total. The van der Waals surface area contributed by atoms with Crippen LogP contribution in [-0.4, -0.2) is 26.8 Å². The summed E-state index contributed by atoms with van der Waals surface area (Å²) in [5.41, 5.74) is 4.17. The van der Waals surface area contributed by atoms with Gasteiger partial charge >= 0.3 is 10.1 Å². The van der Waals surface area contributed by atoms with Crippen LogP contribution in [0.3, 0.4) is 0 Å². The fraction of sp³-hybridized carbons (Fsp3) is 0.0667. The van der Waals surface area contributed by atoms with Gasteiger partial charge < -0.3 is 4.18 Å². The van der Waals surface area contributed by atoms with Gasteiger partial charge in [-0.05, 0) is 36.4 Å². The van der Waals surface area contributed by atoms with Gasteiger partial charge in [0.1, 0.15) is 5.75 Å². The highest BCUT2D eigenvalue weighted by molar-refractivity contribution is 7.86. The predicted octanol–water partition coefficient (Wildman–Crippen LogP) is 2.18. The van der Waals surface area contributed by atoms with E-state index in [4.69, 9.17) is 15.8 Å². The van der Waals surface area contributed by atoms with Gasteiger partial charge in [0.25, 0.3) is 0 Å². The van der Waals surface area contributed by atoms with Crippen molar-refractivity contribution in [3.8, 4) is 5.75 Å². The van der Waals surface area contributed by atoms with E-state index in [2.05, 4.69) is 10.5 Å². The highest BCUT2D eigenvalue weighted by Crippen LogP contribution is 2.18. The van der Waals surface area contributed by atoms with E-state index in [9.17, 15) is 13.2 Å². The first-order valence-electron chi connectivity index (χ1n) is 6.42. The second-order valence-corrected chi connectivity index (χ2v) is 6.54. The lowest BCUT2D eigenvalue weighted by Crippen LogP contribution is -2.11. The summed E-state index contributed by atoms with van der Waals surface area (Å²) in [4.78, 5) is 10.5. The van der Waals surface area contributed by atoms with E-state index >= 15 is 0 Å². The van der Waals surface area contributed by atoms with Crippen LogP contribution in [0.15, 0.2) is 53.6 Å². The Kier molecular flexibility index (Phi) is 5.36. The molecule has 0 radical (unpaired) electrons. The molecule has 2 aromatic rings. The van der Waals surface area contributed by atoms with E-state index in [1.807, 2.05) is 0 Å². The maximum Gasteiger partial charge on any atom is 0.306 e. The molecule has 0 spiro atoms. The van der Waals surface area contributed by atoms with Gasteiger partial charge in [-0.25, -0.2) is 5.43 Å². The van der Waals surface area contributed by atoms with Crippen molar-refractivity contribution in [2.24, 2.45) is 5.10 Å². The normalized spacial score (nSPS) is 11.8. The molecular formula is C15H13ClN2O4S. The van der Waals surface area contributed by atoms with Crippen molar-refractivity contribution >= 4 is 33.8 Å². The van der Waals surface area contributed by atoms with Crippen LogP contribution in [0.5, 0.6) is 5.75 Å². The summed E-state index contributed by atoms with van der Waals surface area (Å²) in [6.07, 6.45) is 1.42. The Bertz CT molecular complexity index is 816. The second-order valence-electron chi connectivity index (χ2n) is 4.53. The molecule has 8 heteroatoms. The number of carbonyl (C=O) groups excluding carboxylic acids is 1. The minimum atomic E-state index is -3.58. The van der Waals surface area contributed by atoms with Crippen LogP contribution in [0, 0.1) is 0 Å². The third-order valence-corrected chi connectivity index (χ3v) is 3.47. The Morgan fingerprint density at radius 3 is 2.09 bits per heavy atom. The summed E-state index contributed by atoms with van der Waals surface area (Å²) in [5, 5.41) is 4.59. The van der Waals surface area contributed by atoms with Crippen LogP contribution >= 0.6 is 11.6 Å². The number of hydrazone groups is 1. The van der Waals surface area contributed by atoms with Gasteiger partial charge in [-0.3, -0.25) is 4.79 Å². The third-order valence-electron chi connectivity index (χ3n) is 2.72. The van der Waals surface area contributed by atoms with Gasteiger partial charge in [-0.15, -0.1) is 0 Å². The quantitative estimate of drug-likeness (QED) is 0.374. The highest BCUT2D eigenvalue weighted by Gasteiger charge is 2.09. The van der Waals surface area contributed by atoms with E-state index in [0.717, 1.165) is 11.8 Å². The molecule has 0 aliphatic heterocycles. The molecule has 2 aromatic carbocycles. The minimum Gasteiger partial charge on any atom is -0.383 e. The molecule has 1 N–H and O–H groups in total. The van der Waals surface area contributed by atoms with Crippen LogP contribution in [0.2, 0.25) is 5.02 Å². The number of rotatable bonds is 6. The Hall–Kier alpha value is -2.38. The zero-order valence-electron chi connectivity index (χ0n) is 12.1. The molecule has 0 aliphatic carbocycles. The molecule has 0 atom stereocenters. The molecule has 0 saturated heterocycles. The molecule has 0 fully saturated rings. The van der Waals surface area contributed by atoms with Crippen LogP contribution in [-0.2, 0) is 14.9 Å². The fourth-order valence-corrected chi connectivity index (χ4v) is 2.42. The number of benzene rings is 2. The van der Waals surface area contributed by atoms with E-state index in [-0.39, 0.29) is 5.75 Å². The number of nitrogens with one attached hydrogen (secondary N) is 1. The highest BCUT2D eigenvalue weighted by atomic mass is 35.5. The minimum absolute atomic E-state index is 0.190. The maximum atomic E-state index is 11.1. The number of halogens is 1. The largest absolute Gasteiger partial charge is 0.383 e. The molecule has 0 aromatic heterocycles. The third kappa shape index (κ3) is 5.08. The van der Waals surface area contributed by atoms with Gasteiger partial charge in [0, 0.05) is 16.1 Å². The number of carbonyl (C=O) groups is 1. The monoisotopic (exact) mass is 352 g/mol. The molecule has 120 valence electrons. The zero-order valence-corrected chi connectivity index (χ0v) is 13.6. The van der Waals surface area contributed by atoms with Crippen LogP contribution in [0.4, 0.5) is 0 Å². The molecule has 0 unspecified atom stereocenters. The molecule has 23 heavy (non-hydrogen) atoms. The van der Waals surface area contributed by atoms with Gasteiger partial charge in [-0.1, -0.05) is 23.7 Å². The van der Waals surface area contributed by atoms with Gasteiger partial charge in [0.2, 0.25) is 6.41 Å². The molecule has 0 aliphatic rings. The van der Waals surface area contributed by atoms with Crippen molar-refractivity contribution < 1.29 is 17.4 Å². The molecular weight excluding hydrogens is 340 g/mol. The smallest absolute Gasteiger partial charge is 0.306 e. The van der Waals surface area contributed by atoms with Crippen molar-refractivity contribution in [1.82, 2.24) is 5.43 Å². The van der Waals surface area contributed by atoms with Crippen molar-refractivity contribution in [2.45, 2.75) is 0 Å². The average Bonchev–Trinajstić information content (AvgIpc) is 2.49. The van der Waals surface area contributed by atoms with Crippen molar-refractivity contribution in [2.75, 3.05) is 6.26 Å². The van der Waals surface area contributed by atoms with Gasteiger partial charge in [0.05, 0.1) is 12.0 Å². The van der Waals surface area contributed by atoms with E-state index in [1.165, 1.54) is 12.1 Å². The summed E-state index contributed by atoms with van der Waals surface area (Å²) in [7, 11) is -3.58. The predicted molar refractivity (Wildman–Crippen MR) is 88.2 cm³/mol. The van der Waals surface area contributed by atoms with Crippen molar-refractivity contribution in [3.63, 3.8) is 0 Å². The Balaban J connectivity index is 2.36. The summed E-state index contributed by atoms with van der Waals surface area (Å²) in [5.74, 6) is 0.190. The Morgan fingerprint density at radius 1 is 1.09 bits per heavy atom. The van der Waals surface area contributed by atoms with Crippen molar-refractivity contribution in [3.05, 3.63) is 64.7 Å². The lowest BCUT2D eigenvalue weighted by Gasteiger charge is -2.08. The fourth-order valence-electron chi connectivity index (χ4n) is 1.84. The molecule has 0 bridgehead atoms. The lowest BCUT2D eigenvalue weighted by atomic mass is 10.0. The lowest BCUT2D eigenvalue weighted by molar-refractivity contribution is -0.109. The summed E-state index contributed by atoms with van der Waals surface area (Å²) in [6.45, 7) is 0. The second kappa shape index (κ2) is 7.26. The summed E-state index contributed by atoms with van der Waals surface area (Å²) in [6, 6.07) is 13.2. The molecule has 0 saturated carbocycles. The first-order valence-corrected chi connectivity index (χ1v) is 8.61. The van der Waals surface area contributed by atoms with Crippen LogP contribution < -0.4 is 9.61 Å². The number of hydrogen-bond acceptors (Lipinski definition) is 5. The Morgan fingerprint density at radius 2 is 1.61 bits per heavy atom. The molecule has 0 heterocycles. The number of amides is 1. The first kappa shape index (κ1) is 17.0. The topological polar surface area (TPSA) is 84.8 Å². The first-order chi connectivity index (χ1) is 10.9. The summed E-state index contributed by atoms with van der Waals surface area (Å²) >= 11 is 5.86. The van der Waals surface area contributed by atoms with Gasteiger partial charge in [0.15, 0.2) is 0 Å². The summed E-state index contributed by atoms with van der Waals surface area (Å²) < 4.78 is 27.0. The van der Waals surface area contributed by atoms with E-state index in [1.54, 1.807) is 36.4 Å².